The number of urea groups is 1. The van der Waals surface area contributed by atoms with Gasteiger partial charge in [0.25, 0.3) is 5.91 Å². The van der Waals surface area contributed by atoms with Crippen LogP contribution in [0.3, 0.4) is 0 Å². The number of anilines is 3. The number of hydrogen-bond donors (Lipinski definition) is 3. The Morgan fingerprint density at radius 2 is 1.57 bits per heavy atom. The van der Waals surface area contributed by atoms with Crippen molar-refractivity contribution >= 4 is 40.9 Å². The summed E-state index contributed by atoms with van der Waals surface area (Å²) < 4.78 is 5.91. The summed E-state index contributed by atoms with van der Waals surface area (Å²) in [4.78, 5) is 53.7. The van der Waals surface area contributed by atoms with Gasteiger partial charge in [-0.3, -0.25) is 14.4 Å². The number of benzene rings is 3. The molecule has 0 aromatic heterocycles. The molecule has 1 saturated carbocycles. The van der Waals surface area contributed by atoms with Crippen LogP contribution in [0.1, 0.15) is 55.7 Å². The first-order chi connectivity index (χ1) is 21.9. The third-order valence-electron chi connectivity index (χ3n) is 8.30. The van der Waals surface area contributed by atoms with Gasteiger partial charge >= 0.3 is 12.0 Å². The number of likely N-dealkylation sites (N-methyl/N-ethyl adjacent to an activating group) is 1. The number of carbonyl (C=O) groups is 4. The molecule has 1 aliphatic carbocycles. The van der Waals surface area contributed by atoms with E-state index in [-0.39, 0.29) is 36.8 Å². The summed E-state index contributed by atoms with van der Waals surface area (Å²) in [5.41, 5.74) is 4.44. The lowest BCUT2D eigenvalue weighted by Crippen LogP contribution is -2.46. The fraction of sp³-hybridized carbons (Fsp3) is 0.389. The highest BCUT2D eigenvalue weighted by Gasteiger charge is 2.32. The lowest BCUT2D eigenvalue weighted by Gasteiger charge is -2.38. The molecule has 46 heavy (non-hydrogen) atoms. The summed E-state index contributed by atoms with van der Waals surface area (Å²) >= 11 is 0. The van der Waals surface area contributed by atoms with Gasteiger partial charge in [0.1, 0.15) is 5.75 Å². The molecule has 10 nitrogen and oxygen atoms in total. The Morgan fingerprint density at radius 1 is 0.870 bits per heavy atom. The van der Waals surface area contributed by atoms with Crippen molar-refractivity contribution in [1.82, 2.24) is 5.32 Å². The predicted octanol–water partition coefficient (Wildman–Crippen LogP) is 6.10. The zero-order valence-electron chi connectivity index (χ0n) is 27.1. The van der Waals surface area contributed by atoms with E-state index in [0.29, 0.717) is 29.2 Å². The van der Waals surface area contributed by atoms with Crippen molar-refractivity contribution in [3.05, 3.63) is 83.4 Å². The van der Waals surface area contributed by atoms with E-state index in [9.17, 15) is 19.2 Å². The van der Waals surface area contributed by atoms with Crippen LogP contribution in [0.2, 0.25) is 0 Å². The SMILES string of the molecule is Cc1cc(C)cc(N(C)C(=O)COc2cccc(N(CC3(C)CCCCC3)C(=O)CNC(=O)Nc3cccc(CC(=O)O)c3)c2)c1. The van der Waals surface area contributed by atoms with Crippen molar-refractivity contribution in [3.63, 3.8) is 0 Å². The number of aliphatic carboxylic acids is 1. The maximum absolute atomic E-state index is 13.7. The van der Waals surface area contributed by atoms with Crippen LogP contribution < -0.4 is 25.2 Å². The maximum atomic E-state index is 13.7. The first-order valence-electron chi connectivity index (χ1n) is 15.6. The number of hydrogen-bond acceptors (Lipinski definition) is 5. The molecule has 1 aliphatic rings. The average molecular weight is 629 g/mol. The molecule has 244 valence electrons. The highest BCUT2D eigenvalue weighted by atomic mass is 16.5. The van der Waals surface area contributed by atoms with Crippen LogP contribution in [0.15, 0.2) is 66.7 Å². The zero-order chi connectivity index (χ0) is 33.3. The molecule has 0 atom stereocenters. The fourth-order valence-corrected chi connectivity index (χ4v) is 5.90. The number of rotatable bonds is 12. The van der Waals surface area contributed by atoms with Gasteiger partial charge in [0.2, 0.25) is 5.91 Å². The van der Waals surface area contributed by atoms with E-state index in [0.717, 1.165) is 42.5 Å². The van der Waals surface area contributed by atoms with Gasteiger partial charge < -0.3 is 30.3 Å². The van der Waals surface area contributed by atoms with Gasteiger partial charge in [0.05, 0.1) is 13.0 Å². The Bertz CT molecular complexity index is 1550. The van der Waals surface area contributed by atoms with E-state index in [4.69, 9.17) is 9.84 Å². The summed E-state index contributed by atoms with van der Waals surface area (Å²) in [6.07, 6.45) is 5.19. The molecule has 1 fully saturated rings. The van der Waals surface area contributed by atoms with Crippen LogP contribution in [0.4, 0.5) is 21.9 Å². The summed E-state index contributed by atoms with van der Waals surface area (Å²) in [7, 11) is 1.72. The van der Waals surface area contributed by atoms with Crippen molar-refractivity contribution in [2.24, 2.45) is 5.41 Å². The number of carboxylic acid groups (broad SMARTS) is 1. The van der Waals surface area contributed by atoms with E-state index in [1.165, 1.54) is 6.42 Å². The molecule has 3 N–H and O–H groups in total. The highest BCUT2D eigenvalue weighted by Crippen LogP contribution is 2.38. The molecule has 4 rings (SSSR count). The van der Waals surface area contributed by atoms with E-state index in [1.54, 1.807) is 59.3 Å². The fourth-order valence-electron chi connectivity index (χ4n) is 5.90. The lowest BCUT2D eigenvalue weighted by atomic mass is 9.75. The van der Waals surface area contributed by atoms with Crippen molar-refractivity contribution in [1.29, 1.82) is 0 Å². The van der Waals surface area contributed by atoms with E-state index < -0.39 is 12.0 Å². The van der Waals surface area contributed by atoms with Gasteiger partial charge in [-0.15, -0.1) is 0 Å². The molecule has 0 spiro atoms. The number of amides is 4. The van der Waals surface area contributed by atoms with E-state index in [1.807, 2.05) is 32.0 Å². The van der Waals surface area contributed by atoms with Gasteiger partial charge in [-0.2, -0.15) is 0 Å². The number of carboxylic acids is 1. The van der Waals surface area contributed by atoms with E-state index >= 15 is 0 Å². The Morgan fingerprint density at radius 3 is 2.26 bits per heavy atom. The van der Waals surface area contributed by atoms with Crippen molar-refractivity contribution in [2.75, 3.05) is 41.9 Å². The standard InChI is InChI=1S/C36H44N4O6/c1-25-16-26(2)18-30(17-25)39(4)33(42)23-46-31-13-9-12-29(21-31)40(24-36(3)14-6-5-7-15-36)32(41)22-37-35(45)38-28-11-8-10-27(19-28)20-34(43)44/h8-13,16-19,21H,5-7,14-15,20,22-24H2,1-4H3,(H,43,44)(H2,37,38,45). The second-order valence-electron chi connectivity index (χ2n) is 12.5. The Hall–Kier alpha value is -4.86. The molecule has 0 heterocycles. The van der Waals surface area contributed by atoms with Gasteiger partial charge in [-0.25, -0.2) is 4.79 Å². The Kier molecular flexibility index (Phi) is 11.4. The number of nitrogens with one attached hydrogen (secondary N) is 2. The van der Waals surface area contributed by atoms with E-state index in [2.05, 4.69) is 23.6 Å². The molecule has 3 aromatic rings. The molecule has 0 aliphatic heterocycles. The predicted molar refractivity (Wildman–Crippen MR) is 180 cm³/mol. The van der Waals surface area contributed by atoms with Crippen molar-refractivity contribution in [2.45, 2.75) is 59.3 Å². The maximum Gasteiger partial charge on any atom is 0.319 e. The second kappa shape index (κ2) is 15.4. The van der Waals surface area contributed by atoms with Crippen LogP contribution in [-0.4, -0.2) is 55.7 Å². The summed E-state index contributed by atoms with van der Waals surface area (Å²) in [5.74, 6) is -1.01. The minimum Gasteiger partial charge on any atom is -0.484 e. The molecular weight excluding hydrogens is 584 g/mol. The largest absolute Gasteiger partial charge is 0.484 e. The summed E-state index contributed by atoms with van der Waals surface area (Å²) in [5, 5.41) is 14.4. The first kappa shape index (κ1) is 34.0. The first-order valence-corrected chi connectivity index (χ1v) is 15.6. The Balaban J connectivity index is 1.44. The lowest BCUT2D eigenvalue weighted by molar-refractivity contribution is -0.136. The van der Waals surface area contributed by atoms with Gasteiger partial charge in [-0.1, -0.05) is 50.5 Å². The summed E-state index contributed by atoms with van der Waals surface area (Å²) in [6, 6.07) is 19.1. The van der Waals surface area contributed by atoms with Crippen LogP contribution in [0.5, 0.6) is 5.75 Å². The quantitative estimate of drug-likeness (QED) is 0.223. The second-order valence-corrected chi connectivity index (χ2v) is 12.5. The highest BCUT2D eigenvalue weighted by molar-refractivity contribution is 5.99. The average Bonchev–Trinajstić information content (AvgIpc) is 3.01. The van der Waals surface area contributed by atoms with Gasteiger partial charge in [-0.05, 0) is 85.2 Å². The molecule has 4 amide bonds. The topological polar surface area (TPSA) is 128 Å². The molecule has 0 radical (unpaired) electrons. The zero-order valence-corrected chi connectivity index (χ0v) is 27.1. The minimum atomic E-state index is -0.968. The minimum absolute atomic E-state index is 0.0811. The van der Waals surface area contributed by atoms with Crippen LogP contribution in [0, 0.1) is 19.3 Å². The van der Waals surface area contributed by atoms with Gasteiger partial charge in [0.15, 0.2) is 6.61 Å². The third kappa shape index (κ3) is 9.82. The van der Waals surface area contributed by atoms with Crippen molar-refractivity contribution in [3.8, 4) is 5.75 Å². The Labute approximate surface area is 270 Å². The monoisotopic (exact) mass is 628 g/mol. The third-order valence-corrected chi connectivity index (χ3v) is 8.30. The smallest absolute Gasteiger partial charge is 0.319 e. The molecule has 3 aromatic carbocycles. The molecular formula is C36H44N4O6. The van der Waals surface area contributed by atoms with Crippen molar-refractivity contribution < 1.29 is 29.0 Å². The molecule has 0 saturated heterocycles. The summed E-state index contributed by atoms with van der Waals surface area (Å²) in [6.45, 7) is 6.22. The number of ether oxygens (including phenoxy) is 1. The van der Waals surface area contributed by atoms with Crippen LogP contribution in [-0.2, 0) is 20.8 Å². The normalized spacial score (nSPS) is 13.7. The van der Waals surface area contributed by atoms with Gasteiger partial charge in [0, 0.05) is 36.7 Å². The number of aryl methyl sites for hydroxylation is 2. The van der Waals surface area contributed by atoms with Crippen LogP contribution >= 0.6 is 0 Å². The molecule has 0 unspecified atom stereocenters. The molecule has 0 bridgehead atoms. The molecule has 10 heteroatoms. The number of carbonyl (C=O) groups excluding carboxylic acids is 3. The van der Waals surface area contributed by atoms with Crippen LogP contribution in [0.25, 0.3) is 0 Å². The number of nitrogens with zero attached hydrogens (tertiary/aromatic N) is 2.